The van der Waals surface area contributed by atoms with E-state index in [1.807, 2.05) is 13.8 Å². The largest absolute Gasteiger partial charge is 0.481 e. The van der Waals surface area contributed by atoms with Crippen LogP contribution in [0.15, 0.2) is 48.5 Å². The van der Waals surface area contributed by atoms with Crippen LogP contribution in [0.5, 0.6) is 11.5 Å². The van der Waals surface area contributed by atoms with Crippen molar-refractivity contribution in [2.75, 3.05) is 25.2 Å². The van der Waals surface area contributed by atoms with E-state index < -0.39 is 47.4 Å². The Hall–Kier alpha value is -4.51. The van der Waals surface area contributed by atoms with Gasteiger partial charge in [-0.25, -0.2) is 13.6 Å². The molecular formula is C31H30F2N2O7. The molecule has 0 spiro atoms. The number of carbonyl (C=O) groups is 3. The van der Waals surface area contributed by atoms with Crippen LogP contribution in [0, 0.1) is 17.6 Å². The van der Waals surface area contributed by atoms with Crippen molar-refractivity contribution in [1.82, 2.24) is 4.90 Å². The number of carbonyl (C=O) groups excluding carboxylic acids is 1. The van der Waals surface area contributed by atoms with Gasteiger partial charge in [0.1, 0.15) is 5.82 Å². The first-order chi connectivity index (χ1) is 20.1. The molecule has 3 N–H and O–H groups in total. The van der Waals surface area contributed by atoms with Crippen LogP contribution in [0.1, 0.15) is 58.4 Å². The van der Waals surface area contributed by atoms with Crippen LogP contribution in [0.25, 0.3) is 0 Å². The van der Waals surface area contributed by atoms with E-state index in [-0.39, 0.29) is 36.9 Å². The monoisotopic (exact) mass is 580 g/mol. The average Bonchev–Trinajstić information content (AvgIpc) is 3.59. The van der Waals surface area contributed by atoms with Gasteiger partial charge in [-0.15, -0.1) is 0 Å². The molecule has 0 radical (unpaired) electrons. The molecule has 11 heteroatoms. The van der Waals surface area contributed by atoms with E-state index in [1.54, 1.807) is 11.0 Å². The van der Waals surface area contributed by atoms with Gasteiger partial charge < -0.3 is 25.0 Å². The van der Waals surface area contributed by atoms with Crippen LogP contribution in [0.4, 0.5) is 14.5 Å². The third-order valence-corrected chi connectivity index (χ3v) is 7.90. The fourth-order valence-corrected chi connectivity index (χ4v) is 5.96. The van der Waals surface area contributed by atoms with Crippen molar-refractivity contribution >= 4 is 23.5 Å². The molecule has 0 aromatic heterocycles. The summed E-state index contributed by atoms with van der Waals surface area (Å²) >= 11 is 0. The number of carboxylic acid groups (broad SMARTS) is 2. The maximum absolute atomic E-state index is 14.9. The number of amides is 1. The molecule has 1 amide bonds. The summed E-state index contributed by atoms with van der Waals surface area (Å²) in [5, 5.41) is 22.7. The van der Waals surface area contributed by atoms with Crippen molar-refractivity contribution in [2.45, 2.75) is 38.6 Å². The molecule has 3 atom stereocenters. The average molecular weight is 581 g/mol. The predicted molar refractivity (Wildman–Crippen MR) is 148 cm³/mol. The molecular weight excluding hydrogens is 550 g/mol. The molecule has 3 aromatic rings. The molecule has 1 unspecified atom stereocenters. The third-order valence-electron chi connectivity index (χ3n) is 7.90. The minimum Gasteiger partial charge on any atom is -0.481 e. The lowest BCUT2D eigenvalue weighted by molar-refractivity contribution is -0.143. The Kier molecular flexibility index (Phi) is 8.13. The smallest absolute Gasteiger partial charge is 0.335 e. The molecule has 2 aliphatic rings. The van der Waals surface area contributed by atoms with Gasteiger partial charge in [-0.2, -0.15) is 0 Å². The minimum atomic E-state index is -1.16. The van der Waals surface area contributed by atoms with Gasteiger partial charge in [-0.05, 0) is 71.5 Å². The van der Waals surface area contributed by atoms with Gasteiger partial charge in [-0.3, -0.25) is 14.5 Å². The zero-order valence-corrected chi connectivity index (χ0v) is 23.0. The molecule has 3 aromatic carbocycles. The van der Waals surface area contributed by atoms with E-state index >= 15 is 0 Å². The van der Waals surface area contributed by atoms with Crippen LogP contribution in [-0.2, 0) is 22.4 Å². The van der Waals surface area contributed by atoms with Crippen molar-refractivity contribution in [1.29, 1.82) is 0 Å². The topological polar surface area (TPSA) is 125 Å². The Balaban J connectivity index is 1.52. The van der Waals surface area contributed by atoms with Crippen molar-refractivity contribution < 1.29 is 42.9 Å². The molecule has 2 heterocycles. The highest BCUT2D eigenvalue weighted by Crippen LogP contribution is 2.48. The standard InChI is InChI=1S/C31H30F2N2O7/c1-3-16-9-21(32)10-17(4-2)27(16)34-25(36)14-35-13-22(20-11-23(33)29-24(12-20)41-15-42-29)26(31(39)40)28(35)18-5-7-19(8-6-18)30(37)38/h5-12,22,26,28H,3-4,13-15H2,1-2H3,(H,34,36)(H,37,38)(H,39,40)/t22-,26?,28+/m1/s1. The highest BCUT2D eigenvalue weighted by Gasteiger charge is 2.48. The van der Waals surface area contributed by atoms with Gasteiger partial charge in [0.2, 0.25) is 18.4 Å². The van der Waals surface area contributed by atoms with Gasteiger partial charge in [0, 0.05) is 24.2 Å². The molecule has 1 fully saturated rings. The number of hydrogen-bond donors (Lipinski definition) is 3. The number of aryl methyl sites for hydroxylation is 2. The maximum Gasteiger partial charge on any atom is 0.335 e. The molecule has 5 rings (SSSR count). The lowest BCUT2D eigenvalue weighted by Gasteiger charge is -2.27. The minimum absolute atomic E-state index is 0.0257. The number of carboxylic acids is 2. The second-order valence-corrected chi connectivity index (χ2v) is 10.4. The first-order valence-corrected chi connectivity index (χ1v) is 13.6. The maximum atomic E-state index is 14.9. The summed E-state index contributed by atoms with van der Waals surface area (Å²) in [6.45, 7) is 3.42. The lowest BCUT2D eigenvalue weighted by atomic mass is 9.82. The molecule has 9 nitrogen and oxygen atoms in total. The zero-order valence-electron chi connectivity index (χ0n) is 23.0. The van der Waals surface area contributed by atoms with Crippen LogP contribution in [-0.4, -0.2) is 52.8 Å². The molecule has 220 valence electrons. The van der Waals surface area contributed by atoms with Crippen molar-refractivity contribution in [3.63, 3.8) is 0 Å². The highest BCUT2D eigenvalue weighted by molar-refractivity contribution is 5.94. The van der Waals surface area contributed by atoms with Crippen LogP contribution >= 0.6 is 0 Å². The van der Waals surface area contributed by atoms with Crippen molar-refractivity contribution in [2.24, 2.45) is 5.92 Å². The summed E-state index contributed by atoms with van der Waals surface area (Å²) in [7, 11) is 0. The van der Waals surface area contributed by atoms with Crippen LogP contribution in [0.2, 0.25) is 0 Å². The number of ether oxygens (including phenoxy) is 2. The zero-order chi connectivity index (χ0) is 30.1. The van der Waals surface area contributed by atoms with Crippen LogP contribution < -0.4 is 14.8 Å². The fraction of sp³-hybridized carbons (Fsp3) is 0.323. The number of fused-ring (bicyclic) bond motifs is 1. The number of hydrogen-bond acceptors (Lipinski definition) is 6. The number of aromatic carboxylic acids is 1. The predicted octanol–water partition coefficient (Wildman–Crippen LogP) is 5.00. The normalized spacial score (nSPS) is 19.6. The Morgan fingerprint density at radius 1 is 0.952 bits per heavy atom. The van der Waals surface area contributed by atoms with E-state index in [1.165, 1.54) is 42.5 Å². The van der Waals surface area contributed by atoms with E-state index in [9.17, 15) is 33.4 Å². The van der Waals surface area contributed by atoms with E-state index in [0.717, 1.165) is 0 Å². The summed E-state index contributed by atoms with van der Waals surface area (Å²) in [5.74, 6) is -5.53. The van der Waals surface area contributed by atoms with E-state index in [0.29, 0.717) is 40.8 Å². The molecule has 0 saturated carbocycles. The second kappa shape index (κ2) is 11.8. The van der Waals surface area contributed by atoms with Gasteiger partial charge in [0.25, 0.3) is 0 Å². The number of nitrogens with one attached hydrogen (secondary N) is 1. The van der Waals surface area contributed by atoms with E-state index in [2.05, 4.69) is 5.32 Å². The molecule has 0 aliphatic carbocycles. The van der Waals surface area contributed by atoms with E-state index in [4.69, 9.17) is 9.47 Å². The van der Waals surface area contributed by atoms with Gasteiger partial charge in [-0.1, -0.05) is 26.0 Å². The Bertz CT molecular complexity index is 1520. The van der Waals surface area contributed by atoms with Gasteiger partial charge in [0.05, 0.1) is 18.0 Å². The molecule has 0 bridgehead atoms. The number of nitrogens with zero attached hydrogens (tertiary/aromatic N) is 1. The third kappa shape index (κ3) is 5.52. The van der Waals surface area contributed by atoms with Crippen LogP contribution in [0.3, 0.4) is 0 Å². The van der Waals surface area contributed by atoms with Gasteiger partial charge >= 0.3 is 11.9 Å². The highest BCUT2D eigenvalue weighted by atomic mass is 19.1. The summed E-state index contributed by atoms with van der Waals surface area (Å²) in [4.78, 5) is 39.4. The number of likely N-dealkylation sites (tertiary alicyclic amines) is 1. The summed E-state index contributed by atoms with van der Waals surface area (Å²) in [6.07, 6.45) is 0.975. The Labute approximate surface area is 240 Å². The van der Waals surface area contributed by atoms with Gasteiger partial charge in [0.15, 0.2) is 11.6 Å². The fourth-order valence-electron chi connectivity index (χ4n) is 5.96. The lowest BCUT2D eigenvalue weighted by Crippen LogP contribution is -2.35. The Morgan fingerprint density at radius 2 is 1.62 bits per heavy atom. The number of benzene rings is 3. The number of rotatable bonds is 9. The number of aliphatic carboxylic acids is 1. The molecule has 1 saturated heterocycles. The molecule has 42 heavy (non-hydrogen) atoms. The first kappa shape index (κ1) is 29.0. The Morgan fingerprint density at radius 3 is 2.21 bits per heavy atom. The summed E-state index contributed by atoms with van der Waals surface area (Å²) in [6, 6.07) is 10.5. The SMILES string of the molecule is CCc1cc(F)cc(CC)c1NC(=O)CN1C[C@H](c2cc(F)c3c(c2)OCO3)C(C(=O)O)[C@@H]1c1ccc(C(=O)O)cc1. The number of halogens is 2. The quantitative estimate of drug-likeness (QED) is 0.323. The second-order valence-electron chi connectivity index (χ2n) is 10.4. The number of anilines is 1. The van der Waals surface area contributed by atoms with Crippen molar-refractivity contribution in [3.8, 4) is 11.5 Å². The first-order valence-electron chi connectivity index (χ1n) is 13.6. The summed E-state index contributed by atoms with van der Waals surface area (Å²) in [5.41, 5.74) is 2.70. The van der Waals surface area contributed by atoms with Crippen molar-refractivity contribution in [3.05, 3.63) is 88.0 Å². The molecule has 2 aliphatic heterocycles. The summed E-state index contributed by atoms with van der Waals surface area (Å²) < 4.78 is 39.6.